The molecule has 5 rings (SSSR count). The molecule has 1 aliphatic carbocycles. The summed E-state index contributed by atoms with van der Waals surface area (Å²) in [7, 11) is 3.50. The average Bonchev–Trinajstić information content (AvgIpc) is 3.61. The number of hydrogen-bond acceptors (Lipinski definition) is 7. The lowest BCUT2D eigenvalue weighted by Crippen LogP contribution is -2.47. The van der Waals surface area contributed by atoms with Gasteiger partial charge in [0, 0.05) is 57.2 Å². The molecule has 1 N–H and O–H groups in total. The van der Waals surface area contributed by atoms with E-state index in [1.807, 2.05) is 0 Å². The first-order chi connectivity index (χ1) is 18.3. The number of rotatable bonds is 5. The molecule has 0 spiro atoms. The topological polar surface area (TPSA) is 89.6 Å². The molecule has 2 aromatic rings. The van der Waals surface area contributed by atoms with Crippen LogP contribution in [0.15, 0.2) is 36.4 Å². The Balaban J connectivity index is 1.39. The predicted molar refractivity (Wildman–Crippen MR) is 143 cm³/mol. The van der Waals surface area contributed by atoms with Crippen LogP contribution >= 0.6 is 0 Å². The Morgan fingerprint density at radius 3 is 2.58 bits per heavy atom. The first-order valence-corrected chi connectivity index (χ1v) is 13.3. The third kappa shape index (κ3) is 5.89. The number of carbonyl (C=O) groups is 2. The van der Waals surface area contributed by atoms with E-state index in [4.69, 9.17) is 18.9 Å². The highest BCUT2D eigenvalue weighted by atomic mass is 16.7. The highest BCUT2D eigenvalue weighted by molar-refractivity contribution is 6.05. The summed E-state index contributed by atoms with van der Waals surface area (Å²) in [6, 6.07) is 10.4. The van der Waals surface area contributed by atoms with E-state index >= 15 is 0 Å². The van der Waals surface area contributed by atoms with E-state index in [-0.39, 0.29) is 36.7 Å². The fourth-order valence-corrected chi connectivity index (χ4v) is 5.05. The first-order valence-electron chi connectivity index (χ1n) is 13.3. The molecule has 3 aliphatic rings. The van der Waals surface area contributed by atoms with Gasteiger partial charge in [-0.15, -0.1) is 0 Å². The molecule has 9 heteroatoms. The molecule has 0 aromatic heterocycles. The Morgan fingerprint density at radius 1 is 1.03 bits per heavy atom. The summed E-state index contributed by atoms with van der Waals surface area (Å²) < 4.78 is 22.9. The van der Waals surface area contributed by atoms with Crippen LogP contribution in [0.2, 0.25) is 0 Å². The lowest BCUT2D eigenvalue weighted by molar-refractivity contribution is 0.00994. The lowest BCUT2D eigenvalue weighted by Gasteiger charge is -2.36. The molecule has 0 saturated heterocycles. The number of ether oxygens (including phenoxy) is 4. The number of fused-ring (bicyclic) bond motifs is 2. The Morgan fingerprint density at radius 2 is 1.82 bits per heavy atom. The van der Waals surface area contributed by atoms with Gasteiger partial charge in [-0.1, -0.05) is 6.92 Å². The molecule has 2 amide bonds. The van der Waals surface area contributed by atoms with Crippen LogP contribution in [0.3, 0.4) is 0 Å². The number of amides is 2. The zero-order valence-electron chi connectivity index (χ0n) is 22.6. The highest BCUT2D eigenvalue weighted by Crippen LogP contribution is 2.34. The molecular weight excluding hydrogens is 486 g/mol. The molecule has 1 saturated carbocycles. The summed E-state index contributed by atoms with van der Waals surface area (Å²) in [5, 5.41) is 2.92. The Labute approximate surface area is 224 Å². The minimum Gasteiger partial charge on any atom is -0.491 e. The number of hydrogen-bond donors (Lipinski definition) is 1. The van der Waals surface area contributed by atoms with Crippen LogP contribution in [0.5, 0.6) is 17.2 Å². The molecular formula is C29H37N3O6. The van der Waals surface area contributed by atoms with Crippen LogP contribution < -0.4 is 19.5 Å². The maximum absolute atomic E-state index is 13.5. The van der Waals surface area contributed by atoms with E-state index < -0.39 is 0 Å². The van der Waals surface area contributed by atoms with E-state index in [0.29, 0.717) is 47.2 Å². The van der Waals surface area contributed by atoms with Gasteiger partial charge in [-0.2, -0.15) is 0 Å². The molecule has 9 nitrogen and oxygen atoms in total. The van der Waals surface area contributed by atoms with Crippen molar-refractivity contribution in [2.24, 2.45) is 11.8 Å². The summed E-state index contributed by atoms with van der Waals surface area (Å²) in [5.41, 5.74) is 1.44. The van der Waals surface area contributed by atoms with Gasteiger partial charge in [-0.25, -0.2) is 0 Å². The van der Waals surface area contributed by atoms with Crippen molar-refractivity contribution in [3.63, 3.8) is 0 Å². The number of nitrogens with zero attached hydrogens (tertiary/aromatic N) is 2. The Hall–Kier alpha value is -3.30. The normalized spacial score (nSPS) is 24.2. The third-order valence-electron chi connectivity index (χ3n) is 7.66. The van der Waals surface area contributed by atoms with Gasteiger partial charge in [0.15, 0.2) is 11.5 Å². The number of anilines is 1. The van der Waals surface area contributed by atoms with Crippen molar-refractivity contribution in [2.45, 2.75) is 38.8 Å². The van der Waals surface area contributed by atoms with Crippen molar-refractivity contribution in [2.75, 3.05) is 52.5 Å². The zero-order valence-corrected chi connectivity index (χ0v) is 22.6. The number of likely N-dealkylation sites (N-methyl/N-ethyl adjacent to an activating group) is 1. The van der Waals surface area contributed by atoms with E-state index in [1.165, 1.54) is 12.8 Å². The van der Waals surface area contributed by atoms with Gasteiger partial charge in [-0.05, 0) is 61.9 Å². The quantitative estimate of drug-likeness (QED) is 0.636. The fourth-order valence-electron chi connectivity index (χ4n) is 5.05. The number of methoxy groups -OCH3 is 1. The van der Waals surface area contributed by atoms with Crippen molar-refractivity contribution in [3.8, 4) is 17.2 Å². The van der Waals surface area contributed by atoms with E-state index in [1.54, 1.807) is 55.5 Å². The second-order valence-electron chi connectivity index (χ2n) is 10.7. The SMILES string of the molecule is CO[C@H]1CN(C)C(=O)c2ccc(NC(=O)c3ccc4c(c3)OCO4)cc2OC[C@@H](C)N(CC2CC2)C[C@H]1C. The Bertz CT molecular complexity index is 1180. The van der Waals surface area contributed by atoms with Crippen LogP contribution in [0.4, 0.5) is 5.69 Å². The number of carbonyl (C=O) groups excluding carboxylic acids is 2. The monoisotopic (exact) mass is 523 g/mol. The second kappa shape index (κ2) is 11.2. The average molecular weight is 524 g/mol. The van der Waals surface area contributed by atoms with Crippen LogP contribution in [0.25, 0.3) is 0 Å². The van der Waals surface area contributed by atoms with Gasteiger partial charge < -0.3 is 29.2 Å². The van der Waals surface area contributed by atoms with Crippen LogP contribution in [-0.2, 0) is 4.74 Å². The third-order valence-corrected chi connectivity index (χ3v) is 7.66. The second-order valence-corrected chi connectivity index (χ2v) is 10.7. The molecule has 2 aliphatic heterocycles. The molecule has 3 atom stereocenters. The summed E-state index contributed by atoms with van der Waals surface area (Å²) in [5.74, 6) is 2.17. The standard InChI is InChI=1S/C29H37N3O6/c1-18-13-32(14-20-5-6-20)19(2)16-36-25-12-22(8-9-23(25)29(34)31(3)15-27(18)35-4)30-28(33)21-7-10-24-26(11-21)38-17-37-24/h7-12,18-20,27H,5-6,13-17H2,1-4H3,(H,30,33)/t18-,19-,27+/m1/s1. The van der Waals surface area contributed by atoms with Crippen molar-refractivity contribution >= 4 is 17.5 Å². The van der Waals surface area contributed by atoms with Gasteiger partial charge in [0.05, 0.1) is 11.7 Å². The van der Waals surface area contributed by atoms with Crippen molar-refractivity contribution in [1.29, 1.82) is 0 Å². The van der Waals surface area contributed by atoms with Crippen molar-refractivity contribution < 1.29 is 28.5 Å². The summed E-state index contributed by atoms with van der Waals surface area (Å²) in [4.78, 5) is 30.6. The minimum absolute atomic E-state index is 0.0816. The summed E-state index contributed by atoms with van der Waals surface area (Å²) >= 11 is 0. The summed E-state index contributed by atoms with van der Waals surface area (Å²) in [6.45, 7) is 7.32. The summed E-state index contributed by atoms with van der Waals surface area (Å²) in [6.07, 6.45) is 2.47. The molecule has 0 unspecified atom stereocenters. The van der Waals surface area contributed by atoms with Gasteiger partial charge in [0.25, 0.3) is 11.8 Å². The van der Waals surface area contributed by atoms with Gasteiger partial charge in [0.1, 0.15) is 12.4 Å². The number of benzene rings is 2. The van der Waals surface area contributed by atoms with Crippen LogP contribution in [0, 0.1) is 11.8 Å². The maximum atomic E-state index is 13.5. The van der Waals surface area contributed by atoms with Crippen LogP contribution in [0.1, 0.15) is 47.4 Å². The number of nitrogens with one attached hydrogen (secondary N) is 1. The van der Waals surface area contributed by atoms with E-state index in [0.717, 1.165) is 19.0 Å². The smallest absolute Gasteiger partial charge is 0.257 e. The molecule has 204 valence electrons. The Kier molecular flexibility index (Phi) is 7.76. The van der Waals surface area contributed by atoms with Gasteiger partial charge in [0.2, 0.25) is 6.79 Å². The largest absolute Gasteiger partial charge is 0.491 e. The molecule has 2 aromatic carbocycles. The van der Waals surface area contributed by atoms with E-state index in [9.17, 15) is 9.59 Å². The lowest BCUT2D eigenvalue weighted by atomic mass is 10.0. The van der Waals surface area contributed by atoms with E-state index in [2.05, 4.69) is 24.1 Å². The molecule has 0 radical (unpaired) electrons. The molecule has 0 bridgehead atoms. The first kappa shape index (κ1) is 26.3. The van der Waals surface area contributed by atoms with Gasteiger partial charge in [-0.3, -0.25) is 14.5 Å². The zero-order chi connectivity index (χ0) is 26.8. The molecule has 2 heterocycles. The van der Waals surface area contributed by atoms with Gasteiger partial charge >= 0.3 is 0 Å². The van der Waals surface area contributed by atoms with Crippen molar-refractivity contribution in [1.82, 2.24) is 9.80 Å². The maximum Gasteiger partial charge on any atom is 0.257 e. The molecule has 38 heavy (non-hydrogen) atoms. The molecule has 1 fully saturated rings. The van der Waals surface area contributed by atoms with Crippen LogP contribution in [-0.4, -0.2) is 81.0 Å². The highest BCUT2D eigenvalue weighted by Gasteiger charge is 2.31. The fraction of sp³-hybridized carbons (Fsp3) is 0.517. The van der Waals surface area contributed by atoms with Crippen molar-refractivity contribution in [3.05, 3.63) is 47.5 Å². The minimum atomic E-state index is -0.291. The predicted octanol–water partition coefficient (Wildman–Crippen LogP) is 3.88.